The quantitative estimate of drug-likeness (QED) is 0.0511. The molecule has 0 saturated carbocycles. The van der Waals surface area contributed by atoms with Crippen LogP contribution in [0.25, 0.3) is 17.2 Å². The predicted molar refractivity (Wildman–Crippen MR) is 217 cm³/mol. The highest BCUT2D eigenvalue weighted by Gasteiger charge is 2.26. The minimum absolute atomic E-state index is 0.0635. The zero-order chi connectivity index (χ0) is 39.3. The van der Waals surface area contributed by atoms with Gasteiger partial charge in [-0.25, -0.2) is 4.79 Å². The fourth-order valence-corrected chi connectivity index (χ4v) is 7.45. The fraction of sp³-hybridized carbons (Fsp3) is 0.190. The number of methoxy groups -OCH3 is 3. The van der Waals surface area contributed by atoms with Gasteiger partial charge < -0.3 is 34.9 Å². The Kier molecular flexibility index (Phi) is 14.1. The molecule has 0 aliphatic carbocycles. The number of thioether (sulfide) groups is 1. The number of esters is 1. The molecule has 1 heterocycles. The lowest BCUT2D eigenvalue weighted by molar-refractivity contribution is -0.116. The van der Waals surface area contributed by atoms with Gasteiger partial charge in [-0.1, -0.05) is 61.5 Å². The number of carbonyl (C=O) groups is 4. The number of amides is 3. The first-order valence-corrected chi connectivity index (χ1v) is 19.1. The number of ether oxygens (including phenoxy) is 4. The van der Waals surface area contributed by atoms with E-state index in [1.54, 1.807) is 67.6 Å². The predicted octanol–water partition coefficient (Wildman–Crippen LogP) is 8.54. The summed E-state index contributed by atoms with van der Waals surface area (Å²) in [6.07, 6.45) is 1.97. The second-order valence-electron chi connectivity index (χ2n) is 11.8. The highest BCUT2D eigenvalue weighted by molar-refractivity contribution is 8.00. The van der Waals surface area contributed by atoms with Crippen molar-refractivity contribution in [3.63, 3.8) is 0 Å². The van der Waals surface area contributed by atoms with E-state index in [0.29, 0.717) is 61.5 Å². The zero-order valence-electron chi connectivity index (χ0n) is 31.0. The summed E-state index contributed by atoms with van der Waals surface area (Å²) in [5.41, 5.74) is 3.00. The molecule has 3 amide bonds. The smallest absolute Gasteiger partial charge is 0.341 e. The molecule has 4 aromatic carbocycles. The molecule has 1 aromatic heterocycles. The molecule has 13 heteroatoms. The van der Waals surface area contributed by atoms with Crippen molar-refractivity contribution in [1.82, 2.24) is 5.32 Å². The van der Waals surface area contributed by atoms with Crippen LogP contribution in [0.1, 0.15) is 46.5 Å². The third-order valence-corrected chi connectivity index (χ3v) is 10.4. The lowest BCUT2D eigenvalue weighted by Gasteiger charge is -2.16. The molecule has 11 nitrogen and oxygen atoms in total. The number of hydrogen-bond acceptors (Lipinski definition) is 10. The Morgan fingerprint density at radius 3 is 2.11 bits per heavy atom. The molecule has 5 aromatic rings. The van der Waals surface area contributed by atoms with Crippen LogP contribution in [-0.4, -0.2) is 56.9 Å². The van der Waals surface area contributed by atoms with E-state index < -0.39 is 23.0 Å². The number of anilines is 2. The minimum atomic E-state index is -0.605. The van der Waals surface area contributed by atoms with Crippen LogP contribution in [0.3, 0.4) is 0 Å². The first-order chi connectivity index (χ1) is 26.7. The molecule has 1 atom stereocenters. The van der Waals surface area contributed by atoms with Gasteiger partial charge in [-0.15, -0.1) is 23.1 Å². The lowest BCUT2D eigenvalue weighted by atomic mass is 10.0. The van der Waals surface area contributed by atoms with Crippen molar-refractivity contribution in [2.24, 2.45) is 0 Å². The molecule has 3 N–H and O–H groups in total. The van der Waals surface area contributed by atoms with Gasteiger partial charge in [0.2, 0.25) is 5.91 Å². The Labute approximate surface area is 328 Å². The highest BCUT2D eigenvalue weighted by atomic mass is 32.2. The van der Waals surface area contributed by atoms with Crippen molar-refractivity contribution >= 4 is 63.6 Å². The summed E-state index contributed by atoms with van der Waals surface area (Å²) in [6, 6.07) is 28.3. The number of nitrogens with one attached hydrogen (secondary N) is 3. The number of thiophene rings is 1. The van der Waals surface area contributed by atoms with E-state index in [2.05, 4.69) is 16.0 Å². The Morgan fingerprint density at radius 1 is 0.782 bits per heavy atom. The Morgan fingerprint density at radius 2 is 1.45 bits per heavy atom. The van der Waals surface area contributed by atoms with Gasteiger partial charge in [0.15, 0.2) is 11.5 Å². The van der Waals surface area contributed by atoms with Gasteiger partial charge in [-0.05, 0) is 61.4 Å². The summed E-state index contributed by atoms with van der Waals surface area (Å²) in [5, 5.41) is 10.3. The van der Waals surface area contributed by atoms with Crippen LogP contribution in [-0.2, 0) is 14.3 Å². The van der Waals surface area contributed by atoms with Crippen LogP contribution in [0, 0.1) is 0 Å². The first-order valence-electron chi connectivity index (χ1n) is 17.3. The van der Waals surface area contributed by atoms with E-state index in [0.717, 1.165) is 5.56 Å². The van der Waals surface area contributed by atoms with Crippen molar-refractivity contribution in [1.29, 1.82) is 0 Å². The summed E-state index contributed by atoms with van der Waals surface area (Å²) in [4.78, 5) is 54.7. The zero-order valence-corrected chi connectivity index (χ0v) is 32.6. The SMILES string of the molecule is CCOC(=O)c1c(-c2ccccc2)csc1NC(=O)C(CC)Sc1cccc(NC(=O)/C(=C\c2cc(OC)c(OC)cc2OC)NC(=O)c2ccccc2)c1. The Bertz CT molecular complexity index is 2170. The van der Waals surface area contributed by atoms with Gasteiger partial charge in [0.1, 0.15) is 22.0 Å². The van der Waals surface area contributed by atoms with Gasteiger partial charge in [-0.3, -0.25) is 14.4 Å². The normalized spacial score (nSPS) is 11.5. The van der Waals surface area contributed by atoms with Gasteiger partial charge in [0.05, 0.1) is 33.2 Å². The van der Waals surface area contributed by atoms with Gasteiger partial charge in [0.25, 0.3) is 11.8 Å². The molecule has 0 saturated heterocycles. The monoisotopic (exact) mass is 779 g/mol. The highest BCUT2D eigenvalue weighted by Crippen LogP contribution is 2.38. The van der Waals surface area contributed by atoms with Crippen LogP contribution in [0.15, 0.2) is 113 Å². The van der Waals surface area contributed by atoms with E-state index >= 15 is 0 Å². The first kappa shape index (κ1) is 40.1. The van der Waals surface area contributed by atoms with E-state index in [9.17, 15) is 19.2 Å². The van der Waals surface area contributed by atoms with Crippen molar-refractivity contribution in [2.75, 3.05) is 38.6 Å². The second-order valence-corrected chi connectivity index (χ2v) is 13.9. The van der Waals surface area contributed by atoms with Crippen LogP contribution in [0.5, 0.6) is 17.2 Å². The summed E-state index contributed by atoms with van der Waals surface area (Å²) >= 11 is 2.58. The largest absolute Gasteiger partial charge is 0.496 e. The molecule has 0 aliphatic rings. The molecule has 0 aliphatic heterocycles. The molecule has 55 heavy (non-hydrogen) atoms. The number of benzene rings is 4. The number of hydrogen-bond donors (Lipinski definition) is 3. The molecule has 0 spiro atoms. The summed E-state index contributed by atoms with van der Waals surface area (Å²) in [7, 11) is 4.47. The summed E-state index contributed by atoms with van der Waals surface area (Å²) < 4.78 is 21.8. The third kappa shape index (κ3) is 10.1. The Hall–Kier alpha value is -6.05. The van der Waals surface area contributed by atoms with Crippen LogP contribution < -0.4 is 30.2 Å². The molecule has 5 rings (SSSR count). The van der Waals surface area contributed by atoms with Gasteiger partial charge >= 0.3 is 5.97 Å². The molecule has 0 radical (unpaired) electrons. The molecule has 0 bridgehead atoms. The average Bonchev–Trinajstić information content (AvgIpc) is 3.63. The van der Waals surface area contributed by atoms with Crippen molar-refractivity contribution < 1.29 is 38.1 Å². The third-order valence-electron chi connectivity index (χ3n) is 8.19. The lowest BCUT2D eigenvalue weighted by Crippen LogP contribution is -2.30. The van der Waals surface area contributed by atoms with Crippen LogP contribution >= 0.6 is 23.1 Å². The summed E-state index contributed by atoms with van der Waals surface area (Å²) in [6.45, 7) is 3.82. The average molecular weight is 780 g/mol. The minimum Gasteiger partial charge on any atom is -0.496 e. The Balaban J connectivity index is 1.38. The topological polar surface area (TPSA) is 141 Å². The van der Waals surface area contributed by atoms with Gasteiger partial charge in [0, 0.05) is 38.7 Å². The van der Waals surface area contributed by atoms with Gasteiger partial charge in [-0.2, -0.15) is 0 Å². The maximum atomic E-state index is 13.9. The number of carbonyl (C=O) groups excluding carboxylic acids is 4. The van der Waals surface area contributed by atoms with E-state index in [1.807, 2.05) is 48.7 Å². The van der Waals surface area contributed by atoms with Crippen LogP contribution in [0.4, 0.5) is 10.7 Å². The molecule has 284 valence electrons. The van der Waals surface area contributed by atoms with E-state index in [1.165, 1.54) is 50.5 Å². The maximum Gasteiger partial charge on any atom is 0.341 e. The fourth-order valence-electron chi connectivity index (χ4n) is 5.47. The van der Waals surface area contributed by atoms with Crippen molar-refractivity contribution in [3.8, 4) is 28.4 Å². The molecular formula is C42H41N3O8S2. The van der Waals surface area contributed by atoms with Crippen LogP contribution in [0.2, 0.25) is 0 Å². The summed E-state index contributed by atoms with van der Waals surface area (Å²) in [5.74, 6) is -0.687. The molecular weight excluding hydrogens is 739 g/mol. The number of rotatable bonds is 16. The maximum absolute atomic E-state index is 13.9. The van der Waals surface area contributed by atoms with E-state index in [-0.39, 0.29) is 18.2 Å². The van der Waals surface area contributed by atoms with Crippen molar-refractivity contribution in [2.45, 2.75) is 30.4 Å². The standard InChI is InChI=1S/C42H41N3O8S2/c1-6-36(40(48)45-41-37(42(49)53-7-2)31(25-54-41)26-15-10-8-11-16-26)55-30-20-14-19-29(23-30)43-39(47)32(44-38(46)27-17-12-9-13-18-27)21-28-22-34(51-4)35(52-5)24-33(28)50-3/h8-25,36H,6-7H2,1-5H3,(H,43,47)(H,44,46)(H,45,48)/b32-21+. The molecule has 0 fully saturated rings. The van der Waals surface area contributed by atoms with E-state index in [4.69, 9.17) is 18.9 Å². The molecule has 1 unspecified atom stereocenters. The second kappa shape index (κ2) is 19.3. The van der Waals surface area contributed by atoms with Crippen molar-refractivity contribution in [3.05, 3.63) is 125 Å².